The summed E-state index contributed by atoms with van der Waals surface area (Å²) in [5.74, 6) is -3.51. The van der Waals surface area contributed by atoms with Crippen LogP contribution in [0.25, 0.3) is 0 Å². The number of carbonyl (C=O) groups is 8. The number of halogens is 2. The number of aliphatic hydroxyl groups is 1. The summed E-state index contributed by atoms with van der Waals surface area (Å²) in [5.41, 5.74) is 2.44. The molecule has 0 unspecified atom stereocenters. The third kappa shape index (κ3) is 22.6. The number of nitrogens with one attached hydrogen (secondary N) is 6. The van der Waals surface area contributed by atoms with Gasteiger partial charge in [-0.15, -0.1) is 0 Å². The van der Waals surface area contributed by atoms with Gasteiger partial charge >= 0.3 is 11.9 Å². The Morgan fingerprint density at radius 2 is 0.873 bits per heavy atom. The summed E-state index contributed by atoms with van der Waals surface area (Å²) in [7, 11) is 3.02. The van der Waals surface area contributed by atoms with Gasteiger partial charge in [-0.25, -0.2) is 9.59 Å². The Balaban J connectivity index is 0.000000286. The number of amides is 6. The average Bonchev–Trinajstić information content (AvgIpc) is 1.67. The molecule has 2 fully saturated rings. The molecule has 6 amide bonds. The molecule has 7 N–H and O–H groups in total. The monoisotopic (exact) mass is 1450 g/mol. The number of aryl methyl sites for hydroxylation is 1. The quantitative estimate of drug-likeness (QED) is 0.0405. The maximum Gasteiger partial charge on any atom is 0.328 e. The first-order valence-electron chi connectivity index (χ1n) is 35.2. The van der Waals surface area contributed by atoms with Crippen LogP contribution in [0.15, 0.2) is 109 Å². The minimum Gasteiger partial charge on any atom is -0.495 e. The Hall–Kier alpha value is -7.82. The van der Waals surface area contributed by atoms with E-state index in [1.54, 1.807) is 90.1 Å². The van der Waals surface area contributed by atoms with Gasteiger partial charge in [-0.3, -0.25) is 28.8 Å². The molecule has 14 atom stereocenters. The van der Waals surface area contributed by atoms with Crippen molar-refractivity contribution < 1.29 is 71.9 Å². The molecule has 23 heteroatoms. The number of benzene rings is 4. The third-order valence-electron chi connectivity index (χ3n) is 19.7. The van der Waals surface area contributed by atoms with E-state index in [-0.39, 0.29) is 79.4 Å². The van der Waals surface area contributed by atoms with Gasteiger partial charge < -0.3 is 65.4 Å². The average molecular weight is 1450 g/mol. The standard InChI is InChI=1S/C40H54ClN3O7.C39H52ClN3O8/c1-10-25-14-17-27(18-15-25)35-34(51-35)23(2)31-12-11-13-33(45)43-29(21-26-16-19-32(49-9)28(41)20-26)36(46)42-24(3)40(7,8)38(48)44-30(37(47)50-31)22-39(4,5)6;1-22(33-34(51-33)26-15-12-24(21-44)13-16-26)30-10-9-11-32(45)42-28(19-25-14-17-31(49-8)27(40)18-25)35(46)41-23(2)39(6,7)37(48)43-29(36(47)50-30)20-38(3,4)5/h11,13-20,23-24,29-31,34-35H,10,12,21-22H2,1-9H3,(H,42,46)(H,43,45)(H,44,48);9,11-18,22-23,28-30,33-34,44H,10,19-21H2,1-8H3,(H,41,46)(H,42,45)(H,43,48)/b13-11+;11-9+/t23-,24-,29+,30-,31-,34+,35+;22-,23-,28+,29-,30-,33+,34+/m00/s1. The van der Waals surface area contributed by atoms with Crippen molar-refractivity contribution in [2.75, 3.05) is 14.2 Å². The van der Waals surface area contributed by atoms with Gasteiger partial charge in [-0.1, -0.05) is 158 Å². The lowest BCUT2D eigenvalue weighted by Gasteiger charge is -2.35. The first-order chi connectivity index (χ1) is 47.9. The van der Waals surface area contributed by atoms with Gasteiger partial charge in [0.2, 0.25) is 35.4 Å². The van der Waals surface area contributed by atoms with E-state index in [4.69, 9.17) is 51.6 Å². The second-order valence-electron chi connectivity index (χ2n) is 30.9. The van der Waals surface area contributed by atoms with Crippen molar-refractivity contribution in [3.63, 3.8) is 0 Å². The summed E-state index contributed by atoms with van der Waals surface area (Å²) in [4.78, 5) is 110. The summed E-state index contributed by atoms with van der Waals surface area (Å²) in [6, 6.07) is 20.8. The highest BCUT2D eigenvalue weighted by molar-refractivity contribution is 6.32. The molecule has 21 nitrogen and oxygen atoms in total. The highest BCUT2D eigenvalue weighted by Gasteiger charge is 2.50. The van der Waals surface area contributed by atoms with Crippen LogP contribution >= 0.6 is 23.2 Å². The number of cyclic esters (lactones) is 2. The van der Waals surface area contributed by atoms with Crippen LogP contribution in [0, 0.1) is 33.5 Å². The van der Waals surface area contributed by atoms with Gasteiger partial charge in [0, 0.05) is 49.6 Å². The largest absolute Gasteiger partial charge is 0.495 e. The number of methoxy groups -OCH3 is 2. The molecular weight excluding hydrogens is 1340 g/mol. The van der Waals surface area contributed by atoms with Crippen LogP contribution in [0.4, 0.5) is 0 Å². The molecule has 102 heavy (non-hydrogen) atoms. The van der Waals surface area contributed by atoms with E-state index in [0.717, 1.165) is 23.1 Å². The first-order valence-corrected chi connectivity index (χ1v) is 35.9. The molecule has 4 aromatic carbocycles. The molecule has 4 aromatic rings. The smallest absolute Gasteiger partial charge is 0.328 e. The van der Waals surface area contributed by atoms with E-state index in [0.29, 0.717) is 45.5 Å². The van der Waals surface area contributed by atoms with Crippen molar-refractivity contribution in [3.8, 4) is 11.5 Å². The Labute approximate surface area is 611 Å². The second-order valence-corrected chi connectivity index (χ2v) is 31.8. The molecule has 0 aromatic heterocycles. The van der Waals surface area contributed by atoms with Crippen LogP contribution in [0.5, 0.6) is 11.5 Å². The Bertz CT molecular complexity index is 3440. The molecule has 0 saturated carbocycles. The topological polar surface area (TPSA) is 291 Å². The van der Waals surface area contributed by atoms with Gasteiger partial charge in [0.25, 0.3) is 0 Å². The summed E-state index contributed by atoms with van der Waals surface area (Å²) in [6.45, 7) is 28.1. The summed E-state index contributed by atoms with van der Waals surface area (Å²) in [6.07, 6.45) is 5.98. The van der Waals surface area contributed by atoms with Crippen LogP contribution in [0.1, 0.15) is 175 Å². The number of rotatable bonds is 16. The summed E-state index contributed by atoms with van der Waals surface area (Å²) >= 11 is 12.7. The fraction of sp³-hybridized carbons (Fsp3) is 0.544. The van der Waals surface area contributed by atoms with Gasteiger partial charge in [0.15, 0.2) is 0 Å². The van der Waals surface area contributed by atoms with Gasteiger partial charge in [-0.05, 0) is 141 Å². The van der Waals surface area contributed by atoms with Crippen LogP contribution < -0.4 is 41.4 Å². The van der Waals surface area contributed by atoms with E-state index in [1.807, 2.05) is 79.7 Å². The molecule has 0 bridgehead atoms. The Morgan fingerprint density at radius 1 is 0.520 bits per heavy atom. The molecule has 8 rings (SSSR count). The molecule has 0 aliphatic carbocycles. The second kappa shape index (κ2) is 35.1. The molecular formula is C79H106Cl2N6O15. The number of epoxide rings is 2. The zero-order valence-electron chi connectivity index (χ0n) is 62.1. The van der Waals surface area contributed by atoms with Crippen molar-refractivity contribution >= 4 is 70.6 Å². The molecule has 4 heterocycles. The fourth-order valence-electron chi connectivity index (χ4n) is 12.3. The van der Waals surface area contributed by atoms with Crippen molar-refractivity contribution in [2.45, 2.75) is 228 Å². The maximum absolute atomic E-state index is 13.9. The van der Waals surface area contributed by atoms with Crippen molar-refractivity contribution in [1.82, 2.24) is 31.9 Å². The fourth-order valence-corrected chi connectivity index (χ4v) is 12.8. The zero-order valence-corrected chi connectivity index (χ0v) is 63.6. The van der Waals surface area contributed by atoms with Crippen molar-refractivity contribution in [1.29, 1.82) is 0 Å². The Morgan fingerprint density at radius 3 is 1.20 bits per heavy atom. The lowest BCUT2D eigenvalue weighted by Crippen LogP contribution is -2.58. The van der Waals surface area contributed by atoms with Crippen LogP contribution in [0.2, 0.25) is 10.0 Å². The highest BCUT2D eigenvalue weighted by Crippen LogP contribution is 2.47. The van der Waals surface area contributed by atoms with Crippen molar-refractivity contribution in [2.24, 2.45) is 33.5 Å². The number of hydrogen-bond donors (Lipinski definition) is 7. The summed E-state index contributed by atoms with van der Waals surface area (Å²) in [5, 5.41) is 27.5. The molecule has 2 saturated heterocycles. The minimum atomic E-state index is -1.16. The number of carbonyl (C=O) groups excluding carboxylic acids is 8. The maximum atomic E-state index is 13.9. The molecule has 556 valence electrons. The van der Waals surface area contributed by atoms with E-state index in [9.17, 15) is 43.5 Å². The first kappa shape index (κ1) is 81.5. The third-order valence-corrected chi connectivity index (χ3v) is 20.3. The summed E-state index contributed by atoms with van der Waals surface area (Å²) < 4.78 is 35.1. The van der Waals surface area contributed by atoms with E-state index in [1.165, 1.54) is 31.9 Å². The molecule has 4 aliphatic rings. The Kier molecular flexibility index (Phi) is 28.0. The molecule has 4 aliphatic heterocycles. The van der Waals surface area contributed by atoms with Gasteiger partial charge in [0.1, 0.15) is 60.1 Å². The van der Waals surface area contributed by atoms with Gasteiger partial charge in [0.05, 0.1) is 53.9 Å². The van der Waals surface area contributed by atoms with Crippen LogP contribution in [0.3, 0.4) is 0 Å². The zero-order chi connectivity index (χ0) is 75.3. The lowest BCUT2D eigenvalue weighted by atomic mass is 9.82. The molecule has 0 radical (unpaired) electrons. The number of aliphatic hydroxyl groups excluding tert-OH is 1. The van der Waals surface area contributed by atoms with Crippen LogP contribution in [-0.2, 0) is 83.2 Å². The normalized spacial score (nSPS) is 27.3. The van der Waals surface area contributed by atoms with Crippen LogP contribution in [-0.4, -0.2) is 127 Å². The van der Waals surface area contributed by atoms with Crippen molar-refractivity contribution in [3.05, 3.63) is 153 Å². The SMILES string of the molecule is CCc1ccc([C@H]2O[C@@H]2[C@@H](C)[C@@H]2C/C=C/C(=O)N[C@H](Cc3ccc(OC)c(Cl)c3)C(=O)N[C@@H](C)C(C)(C)C(=O)N[C@@H](CC(C)(C)C)C(=O)O2)cc1.COc1ccc(C[C@H]2NC(=O)/C=C/C[C@@H]([C@H](C)[C@H]3O[C@@H]3c3ccc(CO)cc3)OC(=O)[C@H](CC(C)(C)C)NC(=O)C(C)(C)[C@H](C)NC2=O)cc1Cl. The minimum absolute atomic E-state index is 0.0623. The number of hydrogen-bond acceptors (Lipinski definition) is 15. The lowest BCUT2D eigenvalue weighted by molar-refractivity contribution is -0.158. The van der Waals surface area contributed by atoms with Gasteiger partial charge in [-0.2, -0.15) is 0 Å². The number of esters is 2. The molecule has 0 spiro atoms. The predicted octanol–water partition coefficient (Wildman–Crippen LogP) is 11.0. The van der Waals surface area contributed by atoms with E-state index >= 15 is 0 Å². The number of ether oxygens (including phenoxy) is 6. The van der Waals surface area contributed by atoms with E-state index in [2.05, 4.69) is 63.1 Å². The predicted molar refractivity (Wildman–Crippen MR) is 391 cm³/mol. The van der Waals surface area contributed by atoms with E-state index < -0.39 is 107 Å². The highest BCUT2D eigenvalue weighted by atomic mass is 35.5.